The quantitative estimate of drug-likeness (QED) is 0.217. The predicted molar refractivity (Wildman–Crippen MR) is 192 cm³/mol. The average Bonchev–Trinajstić information content (AvgIpc) is 3.84. The van der Waals surface area contributed by atoms with Gasteiger partial charge in [0.2, 0.25) is 0 Å². The molecule has 1 unspecified atom stereocenters. The Labute approximate surface area is 271 Å². The van der Waals surface area contributed by atoms with Crippen LogP contribution in [0, 0.1) is 0 Å². The summed E-state index contributed by atoms with van der Waals surface area (Å²) in [6.07, 6.45) is -0.297. The van der Waals surface area contributed by atoms with E-state index in [2.05, 4.69) is 149 Å². The van der Waals surface area contributed by atoms with Crippen molar-refractivity contribution < 1.29 is 9.15 Å². The van der Waals surface area contributed by atoms with Crippen molar-refractivity contribution in [2.24, 2.45) is 0 Å². The minimum Gasteiger partial charge on any atom is -0.464 e. The molecule has 47 heavy (non-hydrogen) atoms. The first-order valence-electron chi connectivity index (χ1n) is 16.0. The van der Waals surface area contributed by atoms with Gasteiger partial charge in [-0.3, -0.25) is 0 Å². The fraction of sp³-hybridized carbons (Fsp3) is 0.0233. The molecular weight excluding hydrogens is 576 g/mol. The van der Waals surface area contributed by atoms with Crippen molar-refractivity contribution in [1.29, 1.82) is 0 Å². The molecule has 0 spiro atoms. The van der Waals surface area contributed by atoms with E-state index in [0.717, 1.165) is 50.2 Å². The van der Waals surface area contributed by atoms with Crippen LogP contribution in [0.2, 0.25) is 0 Å². The van der Waals surface area contributed by atoms with Crippen LogP contribution < -0.4 is 10.1 Å². The maximum atomic E-state index is 6.48. The maximum absolute atomic E-state index is 6.48. The second-order valence-electron chi connectivity index (χ2n) is 12.1. The molecule has 1 aliphatic rings. The van der Waals surface area contributed by atoms with Gasteiger partial charge in [-0.2, -0.15) is 0 Å². The summed E-state index contributed by atoms with van der Waals surface area (Å²) in [6, 6.07) is 55.5. The number of ether oxygens (including phenoxy) is 1. The lowest BCUT2D eigenvalue weighted by atomic mass is 9.98. The number of benzene rings is 7. The Morgan fingerprint density at radius 1 is 0.511 bits per heavy atom. The van der Waals surface area contributed by atoms with E-state index in [1.54, 1.807) is 0 Å². The average molecular weight is 605 g/mol. The number of para-hydroxylation sites is 2. The lowest BCUT2D eigenvalue weighted by Gasteiger charge is -2.13. The highest BCUT2D eigenvalue weighted by Gasteiger charge is 2.28. The third-order valence-electron chi connectivity index (χ3n) is 9.46. The zero-order chi connectivity index (χ0) is 30.9. The summed E-state index contributed by atoms with van der Waals surface area (Å²) in [5.74, 6) is 0.833. The van der Waals surface area contributed by atoms with Gasteiger partial charge in [-0.05, 0) is 70.8 Å². The van der Waals surface area contributed by atoms with Crippen LogP contribution >= 0.6 is 0 Å². The first-order chi connectivity index (χ1) is 23.3. The molecule has 222 valence electrons. The second kappa shape index (κ2) is 10.1. The van der Waals surface area contributed by atoms with E-state index in [1.807, 2.05) is 18.2 Å². The highest BCUT2D eigenvalue weighted by Crippen LogP contribution is 2.47. The van der Waals surface area contributed by atoms with Gasteiger partial charge in [0.1, 0.15) is 16.9 Å². The fourth-order valence-corrected chi connectivity index (χ4v) is 7.29. The summed E-state index contributed by atoms with van der Waals surface area (Å²) < 4.78 is 15.2. The van der Waals surface area contributed by atoms with Crippen LogP contribution in [-0.4, -0.2) is 4.57 Å². The van der Waals surface area contributed by atoms with Crippen LogP contribution in [0.4, 0.5) is 5.69 Å². The Morgan fingerprint density at radius 2 is 1.26 bits per heavy atom. The van der Waals surface area contributed by atoms with E-state index in [1.165, 1.54) is 38.5 Å². The summed E-state index contributed by atoms with van der Waals surface area (Å²) in [7, 11) is 0. The predicted octanol–water partition coefficient (Wildman–Crippen LogP) is 11.5. The van der Waals surface area contributed by atoms with Gasteiger partial charge in [0.15, 0.2) is 6.23 Å². The fourth-order valence-electron chi connectivity index (χ4n) is 7.29. The molecule has 3 heterocycles. The van der Waals surface area contributed by atoms with E-state index in [-0.39, 0.29) is 6.23 Å². The zero-order valence-corrected chi connectivity index (χ0v) is 25.4. The normalized spacial score (nSPS) is 14.1. The van der Waals surface area contributed by atoms with E-state index >= 15 is 0 Å². The van der Waals surface area contributed by atoms with Gasteiger partial charge in [0.05, 0.1) is 22.1 Å². The molecule has 7 aromatic carbocycles. The third kappa shape index (κ3) is 4.01. The number of rotatable bonds is 4. The Kier molecular flexibility index (Phi) is 5.60. The SMILES string of the molecule is c1ccc(-c2ccc3c(c2)oc2ccc4c(c23)NC(c2ccc(-c3cccc5c3c3ccccc3n5-c3ccccc3)cc2)O4)cc1. The van der Waals surface area contributed by atoms with Crippen LogP contribution in [0.5, 0.6) is 5.75 Å². The number of anilines is 1. The number of aromatic nitrogens is 1. The van der Waals surface area contributed by atoms with Gasteiger partial charge >= 0.3 is 0 Å². The first-order valence-corrected chi connectivity index (χ1v) is 16.0. The molecule has 10 rings (SSSR count). The molecule has 1 N–H and O–H groups in total. The molecule has 0 amide bonds. The van der Waals surface area contributed by atoms with Crippen molar-refractivity contribution in [3.63, 3.8) is 0 Å². The molecule has 9 aromatic rings. The summed E-state index contributed by atoms with van der Waals surface area (Å²) in [4.78, 5) is 0. The van der Waals surface area contributed by atoms with Crippen LogP contribution in [0.15, 0.2) is 162 Å². The largest absolute Gasteiger partial charge is 0.464 e. The van der Waals surface area contributed by atoms with Gasteiger partial charge in [0, 0.05) is 27.4 Å². The number of fused-ring (bicyclic) bond motifs is 8. The van der Waals surface area contributed by atoms with Crippen LogP contribution in [0.25, 0.3) is 71.7 Å². The van der Waals surface area contributed by atoms with Gasteiger partial charge in [-0.25, -0.2) is 0 Å². The minimum atomic E-state index is -0.297. The van der Waals surface area contributed by atoms with E-state index in [4.69, 9.17) is 9.15 Å². The third-order valence-corrected chi connectivity index (χ3v) is 9.46. The molecule has 4 heteroatoms. The molecule has 1 aliphatic heterocycles. The number of nitrogens with one attached hydrogen (secondary N) is 1. The second-order valence-corrected chi connectivity index (χ2v) is 12.1. The number of furan rings is 1. The van der Waals surface area contributed by atoms with E-state index < -0.39 is 0 Å². The Hall–Kier alpha value is -6.26. The van der Waals surface area contributed by atoms with Crippen molar-refractivity contribution in [1.82, 2.24) is 4.57 Å². The number of hydrogen-bond donors (Lipinski definition) is 1. The lowest BCUT2D eigenvalue weighted by molar-refractivity contribution is 0.260. The summed E-state index contributed by atoms with van der Waals surface area (Å²) >= 11 is 0. The monoisotopic (exact) mass is 604 g/mol. The van der Waals surface area contributed by atoms with Gasteiger partial charge < -0.3 is 19.0 Å². The van der Waals surface area contributed by atoms with Crippen molar-refractivity contribution in [3.05, 3.63) is 163 Å². The molecule has 0 radical (unpaired) electrons. The maximum Gasteiger partial charge on any atom is 0.196 e. The molecule has 2 aromatic heterocycles. The molecule has 4 nitrogen and oxygen atoms in total. The molecule has 1 atom stereocenters. The van der Waals surface area contributed by atoms with Crippen LogP contribution in [-0.2, 0) is 0 Å². The topological polar surface area (TPSA) is 39.3 Å². The Balaban J connectivity index is 1.01. The summed E-state index contributed by atoms with van der Waals surface area (Å²) in [5.41, 5.74) is 12.0. The Bertz CT molecular complexity index is 2620. The highest BCUT2D eigenvalue weighted by molar-refractivity contribution is 6.16. The smallest absolute Gasteiger partial charge is 0.196 e. The molecule has 0 bridgehead atoms. The Morgan fingerprint density at radius 3 is 2.11 bits per heavy atom. The lowest BCUT2D eigenvalue weighted by Crippen LogP contribution is -2.09. The summed E-state index contributed by atoms with van der Waals surface area (Å²) in [6.45, 7) is 0. The van der Waals surface area contributed by atoms with Crippen molar-refractivity contribution in [2.75, 3.05) is 5.32 Å². The van der Waals surface area contributed by atoms with Crippen molar-refractivity contribution in [3.8, 4) is 33.7 Å². The number of hydrogen-bond acceptors (Lipinski definition) is 3. The minimum absolute atomic E-state index is 0.297. The van der Waals surface area contributed by atoms with Gasteiger partial charge in [-0.1, -0.05) is 109 Å². The van der Waals surface area contributed by atoms with Gasteiger partial charge in [0.25, 0.3) is 0 Å². The van der Waals surface area contributed by atoms with E-state index in [9.17, 15) is 0 Å². The molecule has 0 aliphatic carbocycles. The van der Waals surface area contributed by atoms with E-state index in [0.29, 0.717) is 0 Å². The molecule has 0 fully saturated rings. The molecule has 0 saturated carbocycles. The van der Waals surface area contributed by atoms with Gasteiger partial charge in [-0.15, -0.1) is 0 Å². The first kappa shape index (κ1) is 26.0. The zero-order valence-electron chi connectivity index (χ0n) is 25.4. The van der Waals surface area contributed by atoms with Crippen LogP contribution in [0.3, 0.4) is 0 Å². The molecular formula is C43H28N2O2. The number of nitrogens with zero attached hydrogens (tertiary/aromatic N) is 1. The van der Waals surface area contributed by atoms with Crippen molar-refractivity contribution >= 4 is 49.4 Å². The standard InChI is InChI=1S/C43H28N2O2/c1-3-10-27(11-4-1)30-22-23-34-39(26-30)46-37-24-25-38-42(41(34)37)44-43(47-38)29-20-18-28(19-21-29)32-15-9-17-36-40(32)33-14-7-8-16-35(33)45(36)31-12-5-2-6-13-31/h1-26,43-44H. The highest BCUT2D eigenvalue weighted by atomic mass is 16.5. The van der Waals surface area contributed by atoms with Crippen molar-refractivity contribution in [2.45, 2.75) is 6.23 Å². The summed E-state index contributed by atoms with van der Waals surface area (Å²) in [5, 5.41) is 8.30. The molecule has 0 saturated heterocycles. The van der Waals surface area contributed by atoms with Crippen LogP contribution in [0.1, 0.15) is 11.8 Å².